The van der Waals surface area contributed by atoms with Crippen molar-refractivity contribution in [2.45, 2.75) is 6.42 Å². The molecule has 22 heavy (non-hydrogen) atoms. The molecule has 6 nitrogen and oxygen atoms in total. The summed E-state index contributed by atoms with van der Waals surface area (Å²) in [7, 11) is -4.18. The van der Waals surface area contributed by atoms with Gasteiger partial charge in [-0.15, -0.1) is 0 Å². The van der Waals surface area contributed by atoms with Crippen LogP contribution in [0.1, 0.15) is 11.1 Å². The minimum absolute atomic E-state index is 0.0144. The maximum absolute atomic E-state index is 11.1. The Kier molecular flexibility index (Phi) is 4.84. The maximum Gasteiger partial charge on any atom is 0.356 e. The number of nitrogens with two attached hydrogens (primary N) is 1. The summed E-state index contributed by atoms with van der Waals surface area (Å²) in [6.07, 6.45) is 0.681. The van der Waals surface area contributed by atoms with Crippen molar-refractivity contribution in [3.8, 4) is 6.07 Å². The average Bonchev–Trinajstić information content (AvgIpc) is 2.48. The van der Waals surface area contributed by atoms with Crippen molar-refractivity contribution >= 4 is 24.3 Å². The number of nitrogen functional groups attached to an aromatic ring is 1. The summed E-state index contributed by atoms with van der Waals surface area (Å²) in [4.78, 5) is 18.1. The Balaban J connectivity index is 1.94. The van der Waals surface area contributed by atoms with E-state index in [2.05, 4.69) is 5.32 Å². The number of hydrogen-bond donors (Lipinski definition) is 4. The fourth-order valence-electron chi connectivity index (χ4n) is 1.99. The third-order valence-electron chi connectivity index (χ3n) is 3.18. The minimum atomic E-state index is -4.18. The van der Waals surface area contributed by atoms with Crippen molar-refractivity contribution in [1.29, 1.82) is 5.26 Å². The van der Waals surface area contributed by atoms with E-state index >= 15 is 0 Å². The zero-order chi connectivity index (χ0) is 16.2. The largest absolute Gasteiger partial charge is 0.397 e. The first-order valence-corrected chi connectivity index (χ1v) is 8.20. The molecule has 0 spiro atoms. The van der Waals surface area contributed by atoms with Gasteiger partial charge in [0.05, 0.1) is 28.3 Å². The first-order valence-electron chi connectivity index (χ1n) is 6.58. The topological polar surface area (TPSA) is 119 Å². The van der Waals surface area contributed by atoms with Gasteiger partial charge in [-0.3, -0.25) is 4.57 Å². The molecule has 0 saturated heterocycles. The van der Waals surface area contributed by atoms with E-state index in [0.717, 1.165) is 11.3 Å². The maximum atomic E-state index is 11.1. The molecule has 0 aliphatic rings. The van der Waals surface area contributed by atoms with Gasteiger partial charge in [-0.1, -0.05) is 12.1 Å². The Morgan fingerprint density at radius 1 is 1.18 bits per heavy atom. The molecule has 0 heterocycles. The van der Waals surface area contributed by atoms with Gasteiger partial charge in [0.2, 0.25) is 0 Å². The molecule has 0 radical (unpaired) electrons. The fourth-order valence-corrected chi connectivity index (χ4v) is 2.53. The Morgan fingerprint density at radius 2 is 1.86 bits per heavy atom. The molecule has 0 fully saturated rings. The predicted molar refractivity (Wildman–Crippen MR) is 85.9 cm³/mol. The SMILES string of the molecule is N#Cc1ccc(NCCc2ccc(P(=O)(O)O)cc2)c(N)c1. The van der Waals surface area contributed by atoms with Gasteiger partial charge in [0, 0.05) is 6.54 Å². The van der Waals surface area contributed by atoms with Gasteiger partial charge >= 0.3 is 7.60 Å². The van der Waals surface area contributed by atoms with Crippen LogP contribution in [0, 0.1) is 11.3 Å². The van der Waals surface area contributed by atoms with E-state index in [1.807, 2.05) is 6.07 Å². The van der Waals surface area contributed by atoms with Crippen LogP contribution in [0.5, 0.6) is 0 Å². The molecule has 0 unspecified atom stereocenters. The van der Waals surface area contributed by atoms with Crippen LogP contribution in [0.4, 0.5) is 11.4 Å². The van der Waals surface area contributed by atoms with Crippen molar-refractivity contribution in [2.24, 2.45) is 0 Å². The lowest BCUT2D eigenvalue weighted by Gasteiger charge is -2.10. The van der Waals surface area contributed by atoms with Crippen LogP contribution in [0.3, 0.4) is 0 Å². The highest BCUT2D eigenvalue weighted by Crippen LogP contribution is 2.32. The summed E-state index contributed by atoms with van der Waals surface area (Å²) >= 11 is 0. The smallest absolute Gasteiger partial charge is 0.356 e. The van der Waals surface area contributed by atoms with E-state index < -0.39 is 7.60 Å². The van der Waals surface area contributed by atoms with E-state index in [1.165, 1.54) is 12.1 Å². The van der Waals surface area contributed by atoms with Crippen molar-refractivity contribution in [2.75, 3.05) is 17.6 Å². The second-order valence-corrected chi connectivity index (χ2v) is 6.41. The number of nitriles is 1. The molecule has 0 aliphatic carbocycles. The first kappa shape index (κ1) is 16.1. The van der Waals surface area contributed by atoms with E-state index in [-0.39, 0.29) is 5.30 Å². The third-order valence-corrected chi connectivity index (χ3v) is 4.15. The number of hydrogen-bond acceptors (Lipinski definition) is 4. The standard InChI is InChI=1S/C15H16N3O3P/c16-10-12-3-6-15(14(17)9-12)18-8-7-11-1-4-13(5-2-11)22(19,20)21/h1-6,9,18H,7-8,17H2,(H2,19,20,21). The molecular formula is C15H16N3O3P. The molecule has 0 bridgehead atoms. The van der Waals surface area contributed by atoms with Crippen molar-refractivity contribution < 1.29 is 14.4 Å². The molecule has 0 atom stereocenters. The number of rotatable bonds is 5. The van der Waals surface area contributed by atoms with Gasteiger partial charge in [-0.2, -0.15) is 5.26 Å². The highest BCUT2D eigenvalue weighted by atomic mass is 31.2. The van der Waals surface area contributed by atoms with Crippen molar-refractivity contribution in [3.05, 3.63) is 53.6 Å². The van der Waals surface area contributed by atoms with E-state index in [0.29, 0.717) is 24.2 Å². The molecule has 0 saturated carbocycles. The molecule has 2 aromatic carbocycles. The van der Waals surface area contributed by atoms with Gasteiger partial charge in [0.25, 0.3) is 0 Å². The van der Waals surface area contributed by atoms with Crippen LogP contribution < -0.4 is 16.4 Å². The van der Waals surface area contributed by atoms with Crippen LogP contribution >= 0.6 is 7.60 Å². The van der Waals surface area contributed by atoms with Gasteiger partial charge in [-0.25, -0.2) is 0 Å². The molecule has 2 rings (SSSR count). The zero-order valence-corrected chi connectivity index (χ0v) is 12.6. The molecule has 0 aliphatic heterocycles. The summed E-state index contributed by atoms with van der Waals surface area (Å²) in [5, 5.41) is 12.0. The Labute approximate surface area is 128 Å². The van der Waals surface area contributed by atoms with Crippen LogP contribution in [-0.2, 0) is 11.0 Å². The number of nitrogens with zero attached hydrogens (tertiary/aromatic N) is 1. The summed E-state index contributed by atoms with van der Waals surface area (Å²) in [5.41, 5.74) is 8.58. The Morgan fingerprint density at radius 3 is 2.41 bits per heavy atom. The molecule has 114 valence electrons. The zero-order valence-electron chi connectivity index (χ0n) is 11.7. The highest BCUT2D eigenvalue weighted by molar-refractivity contribution is 7.60. The lowest BCUT2D eigenvalue weighted by molar-refractivity contribution is 0.387. The predicted octanol–water partition coefficient (Wildman–Crippen LogP) is 1.60. The van der Waals surface area contributed by atoms with Gasteiger partial charge in [0.1, 0.15) is 0 Å². The molecular weight excluding hydrogens is 301 g/mol. The van der Waals surface area contributed by atoms with Crippen LogP contribution in [-0.4, -0.2) is 16.3 Å². The molecule has 0 amide bonds. The van der Waals surface area contributed by atoms with Crippen molar-refractivity contribution in [3.63, 3.8) is 0 Å². The number of benzene rings is 2. The normalized spacial score (nSPS) is 11.0. The van der Waals surface area contributed by atoms with E-state index in [1.54, 1.807) is 30.3 Å². The second-order valence-electron chi connectivity index (χ2n) is 4.80. The Hall–Kier alpha value is -2.32. The van der Waals surface area contributed by atoms with Crippen LogP contribution in [0.25, 0.3) is 0 Å². The number of nitrogens with one attached hydrogen (secondary N) is 1. The first-order chi connectivity index (χ1) is 10.4. The number of anilines is 2. The monoisotopic (exact) mass is 317 g/mol. The van der Waals surface area contributed by atoms with Crippen LogP contribution in [0.2, 0.25) is 0 Å². The summed E-state index contributed by atoms with van der Waals surface area (Å²) in [5.74, 6) is 0. The second kappa shape index (κ2) is 6.63. The molecule has 7 heteroatoms. The summed E-state index contributed by atoms with van der Waals surface area (Å²) in [6, 6.07) is 13.3. The highest BCUT2D eigenvalue weighted by Gasteiger charge is 2.15. The van der Waals surface area contributed by atoms with Gasteiger partial charge in [-0.05, 0) is 42.3 Å². The van der Waals surface area contributed by atoms with Gasteiger partial charge < -0.3 is 20.8 Å². The van der Waals surface area contributed by atoms with E-state index in [9.17, 15) is 4.57 Å². The quantitative estimate of drug-likeness (QED) is 0.491. The third kappa shape index (κ3) is 4.09. The van der Waals surface area contributed by atoms with Crippen LogP contribution in [0.15, 0.2) is 42.5 Å². The molecule has 0 aromatic heterocycles. The average molecular weight is 317 g/mol. The molecule has 5 N–H and O–H groups in total. The fraction of sp³-hybridized carbons (Fsp3) is 0.133. The summed E-state index contributed by atoms with van der Waals surface area (Å²) in [6.45, 7) is 0.616. The lowest BCUT2D eigenvalue weighted by atomic mass is 10.1. The Bertz CT molecular complexity index is 748. The molecule has 2 aromatic rings. The summed E-state index contributed by atoms with van der Waals surface area (Å²) < 4.78 is 11.1. The van der Waals surface area contributed by atoms with E-state index in [4.69, 9.17) is 20.8 Å². The minimum Gasteiger partial charge on any atom is -0.397 e. The van der Waals surface area contributed by atoms with Gasteiger partial charge in [0.15, 0.2) is 0 Å². The lowest BCUT2D eigenvalue weighted by Crippen LogP contribution is -2.08. The van der Waals surface area contributed by atoms with Crippen molar-refractivity contribution in [1.82, 2.24) is 0 Å².